The zero-order valence-electron chi connectivity index (χ0n) is 16.7. The lowest BCUT2D eigenvalue weighted by Gasteiger charge is -2.08. The van der Waals surface area contributed by atoms with E-state index < -0.39 is 18.5 Å². The minimum absolute atomic E-state index is 0.0418. The van der Waals surface area contributed by atoms with Crippen LogP contribution in [-0.2, 0) is 19.1 Å². The molecule has 0 unspecified atom stereocenters. The molecule has 7 heteroatoms. The van der Waals surface area contributed by atoms with E-state index in [1.165, 1.54) is 6.92 Å². The van der Waals surface area contributed by atoms with Gasteiger partial charge in [0.25, 0.3) is 5.91 Å². The number of ether oxygens (including phenoxy) is 1. The summed E-state index contributed by atoms with van der Waals surface area (Å²) in [6.07, 6.45) is -0.169. The second kappa shape index (κ2) is 10.2. The van der Waals surface area contributed by atoms with Crippen molar-refractivity contribution in [3.05, 3.63) is 59.2 Å². The minimum atomic E-state index is -0.637. The number of nitrogens with one attached hydrogen (secondary N) is 2. The number of aryl methyl sites for hydroxylation is 2. The van der Waals surface area contributed by atoms with Crippen molar-refractivity contribution in [1.82, 2.24) is 0 Å². The number of Topliss-reactive ketones (excluding diaryl/α,β-unsaturated/α-hetero) is 1. The van der Waals surface area contributed by atoms with Gasteiger partial charge in [0.1, 0.15) is 0 Å². The highest BCUT2D eigenvalue weighted by molar-refractivity contribution is 5.96. The zero-order chi connectivity index (χ0) is 21.4. The summed E-state index contributed by atoms with van der Waals surface area (Å²) in [4.78, 5) is 46.8. The lowest BCUT2D eigenvalue weighted by Crippen LogP contribution is -2.21. The Balaban J connectivity index is 1.70. The predicted octanol–water partition coefficient (Wildman–Crippen LogP) is 3.41. The van der Waals surface area contributed by atoms with Gasteiger partial charge in [-0.05, 0) is 68.3 Å². The monoisotopic (exact) mass is 396 g/mol. The van der Waals surface area contributed by atoms with Crippen molar-refractivity contribution in [3.63, 3.8) is 0 Å². The Hall–Kier alpha value is -3.48. The number of ketones is 1. The number of carbonyl (C=O) groups is 4. The van der Waals surface area contributed by atoms with E-state index in [1.54, 1.807) is 30.3 Å². The van der Waals surface area contributed by atoms with Crippen molar-refractivity contribution in [2.75, 3.05) is 17.2 Å². The molecule has 152 valence electrons. The molecule has 0 bridgehead atoms. The summed E-state index contributed by atoms with van der Waals surface area (Å²) in [5.74, 6) is -1.52. The number of benzene rings is 2. The SMILES string of the molecule is CC(=O)c1ccc(NC(=O)COC(=O)CCC(=O)Nc2ccc(C)c(C)c2)cc1. The topological polar surface area (TPSA) is 102 Å². The molecular weight excluding hydrogens is 372 g/mol. The Morgan fingerprint density at radius 2 is 1.41 bits per heavy atom. The van der Waals surface area contributed by atoms with Crippen LogP contribution in [0.2, 0.25) is 0 Å². The minimum Gasteiger partial charge on any atom is -0.456 e. The maximum absolute atomic E-state index is 11.9. The van der Waals surface area contributed by atoms with Crippen molar-refractivity contribution < 1.29 is 23.9 Å². The first-order valence-electron chi connectivity index (χ1n) is 9.18. The molecular formula is C22H24N2O5. The van der Waals surface area contributed by atoms with Crippen LogP contribution in [0.25, 0.3) is 0 Å². The van der Waals surface area contributed by atoms with Gasteiger partial charge in [-0.3, -0.25) is 19.2 Å². The molecule has 0 aliphatic heterocycles. The lowest BCUT2D eigenvalue weighted by molar-refractivity contribution is -0.147. The highest BCUT2D eigenvalue weighted by Gasteiger charge is 2.11. The zero-order valence-corrected chi connectivity index (χ0v) is 16.7. The maximum atomic E-state index is 11.9. The first-order valence-corrected chi connectivity index (χ1v) is 9.18. The Morgan fingerprint density at radius 3 is 2.03 bits per heavy atom. The van der Waals surface area contributed by atoms with Crippen molar-refractivity contribution in [2.45, 2.75) is 33.6 Å². The van der Waals surface area contributed by atoms with Crippen molar-refractivity contribution >= 4 is 34.9 Å². The number of rotatable bonds is 8. The van der Waals surface area contributed by atoms with Crippen molar-refractivity contribution in [3.8, 4) is 0 Å². The fourth-order valence-electron chi connectivity index (χ4n) is 2.46. The van der Waals surface area contributed by atoms with E-state index in [0.29, 0.717) is 16.9 Å². The second-order valence-corrected chi connectivity index (χ2v) is 6.69. The van der Waals surface area contributed by atoms with Crippen LogP contribution in [0.15, 0.2) is 42.5 Å². The van der Waals surface area contributed by atoms with E-state index in [9.17, 15) is 19.2 Å². The molecule has 2 aromatic rings. The number of hydrogen-bond acceptors (Lipinski definition) is 5. The summed E-state index contributed by atoms with van der Waals surface area (Å²) in [5.41, 5.74) is 3.88. The van der Waals surface area contributed by atoms with E-state index >= 15 is 0 Å². The van der Waals surface area contributed by atoms with Gasteiger partial charge in [0.2, 0.25) is 5.91 Å². The molecule has 7 nitrogen and oxygen atoms in total. The van der Waals surface area contributed by atoms with Gasteiger partial charge >= 0.3 is 5.97 Å². The average Bonchev–Trinajstić information content (AvgIpc) is 2.68. The Labute approximate surface area is 169 Å². The fourth-order valence-corrected chi connectivity index (χ4v) is 2.46. The van der Waals surface area contributed by atoms with Gasteiger partial charge in [-0.1, -0.05) is 6.07 Å². The van der Waals surface area contributed by atoms with Crippen LogP contribution in [0.1, 0.15) is 41.3 Å². The van der Waals surface area contributed by atoms with Gasteiger partial charge in [-0.25, -0.2) is 0 Å². The third-order valence-electron chi connectivity index (χ3n) is 4.29. The van der Waals surface area contributed by atoms with Crippen LogP contribution in [-0.4, -0.2) is 30.2 Å². The second-order valence-electron chi connectivity index (χ2n) is 6.69. The number of carbonyl (C=O) groups excluding carboxylic acids is 4. The van der Waals surface area contributed by atoms with Gasteiger partial charge < -0.3 is 15.4 Å². The van der Waals surface area contributed by atoms with Crippen LogP contribution in [0.5, 0.6) is 0 Å². The fraction of sp³-hybridized carbons (Fsp3) is 0.273. The molecule has 0 spiro atoms. The summed E-state index contributed by atoms with van der Waals surface area (Å²) in [6, 6.07) is 11.9. The first kappa shape index (κ1) is 21.8. The molecule has 0 aromatic heterocycles. The standard InChI is InChI=1S/C22H24N2O5/c1-14-4-7-19(12-15(14)2)24-20(26)10-11-22(28)29-13-21(27)23-18-8-5-17(6-9-18)16(3)25/h4-9,12H,10-11,13H2,1-3H3,(H,23,27)(H,24,26). The smallest absolute Gasteiger partial charge is 0.306 e. The van der Waals surface area contributed by atoms with Crippen molar-refractivity contribution in [2.24, 2.45) is 0 Å². The molecule has 0 saturated carbocycles. The number of amides is 2. The molecule has 0 aliphatic rings. The Morgan fingerprint density at radius 1 is 0.793 bits per heavy atom. The van der Waals surface area contributed by atoms with E-state index in [2.05, 4.69) is 10.6 Å². The molecule has 29 heavy (non-hydrogen) atoms. The average molecular weight is 396 g/mol. The van der Waals surface area contributed by atoms with Crippen molar-refractivity contribution in [1.29, 1.82) is 0 Å². The van der Waals surface area contributed by atoms with Gasteiger partial charge in [0, 0.05) is 23.4 Å². The molecule has 0 heterocycles. The van der Waals surface area contributed by atoms with Crippen LogP contribution in [0.3, 0.4) is 0 Å². The Bertz CT molecular complexity index is 919. The Kier molecular flexibility index (Phi) is 7.65. The summed E-state index contributed by atoms with van der Waals surface area (Å²) in [6.45, 7) is 4.93. The van der Waals surface area contributed by atoms with Gasteiger partial charge in [0.05, 0.1) is 6.42 Å². The highest BCUT2D eigenvalue weighted by Crippen LogP contribution is 2.14. The number of anilines is 2. The summed E-state index contributed by atoms with van der Waals surface area (Å²) in [7, 11) is 0. The quantitative estimate of drug-likeness (QED) is 0.526. The normalized spacial score (nSPS) is 10.2. The van der Waals surface area contributed by atoms with Crippen LogP contribution in [0, 0.1) is 13.8 Å². The first-order chi connectivity index (χ1) is 13.7. The number of hydrogen-bond donors (Lipinski definition) is 2. The van der Waals surface area contributed by atoms with Crippen LogP contribution < -0.4 is 10.6 Å². The van der Waals surface area contributed by atoms with E-state index in [0.717, 1.165) is 11.1 Å². The number of esters is 1. The van der Waals surface area contributed by atoms with Crippen LogP contribution >= 0.6 is 0 Å². The molecule has 0 saturated heterocycles. The molecule has 0 aliphatic carbocycles. The molecule has 2 N–H and O–H groups in total. The summed E-state index contributed by atoms with van der Waals surface area (Å²) >= 11 is 0. The summed E-state index contributed by atoms with van der Waals surface area (Å²) in [5, 5.41) is 5.29. The predicted molar refractivity (Wildman–Crippen MR) is 110 cm³/mol. The molecule has 2 amide bonds. The molecule has 2 aromatic carbocycles. The van der Waals surface area contributed by atoms with E-state index in [4.69, 9.17) is 4.74 Å². The highest BCUT2D eigenvalue weighted by atomic mass is 16.5. The summed E-state index contributed by atoms with van der Waals surface area (Å²) < 4.78 is 4.89. The molecule has 0 atom stereocenters. The third kappa shape index (κ3) is 7.21. The van der Waals surface area contributed by atoms with Gasteiger partial charge in [0.15, 0.2) is 12.4 Å². The maximum Gasteiger partial charge on any atom is 0.306 e. The van der Waals surface area contributed by atoms with Gasteiger partial charge in [-0.2, -0.15) is 0 Å². The third-order valence-corrected chi connectivity index (χ3v) is 4.29. The van der Waals surface area contributed by atoms with Gasteiger partial charge in [-0.15, -0.1) is 0 Å². The largest absolute Gasteiger partial charge is 0.456 e. The molecule has 0 radical (unpaired) electrons. The molecule has 0 fully saturated rings. The van der Waals surface area contributed by atoms with E-state index in [1.807, 2.05) is 26.0 Å². The van der Waals surface area contributed by atoms with E-state index in [-0.39, 0.29) is 24.5 Å². The van der Waals surface area contributed by atoms with Crippen LogP contribution in [0.4, 0.5) is 11.4 Å². The lowest BCUT2D eigenvalue weighted by atomic mass is 10.1. The molecule has 2 rings (SSSR count).